The van der Waals surface area contributed by atoms with Gasteiger partial charge in [-0.3, -0.25) is 0 Å². The maximum atomic E-state index is 5.98. The zero-order valence-corrected chi connectivity index (χ0v) is 15.7. The molecule has 0 bridgehead atoms. The van der Waals surface area contributed by atoms with E-state index < -0.39 is 0 Å². The van der Waals surface area contributed by atoms with Crippen LogP contribution in [0, 0.1) is 0 Å². The van der Waals surface area contributed by atoms with Crippen LogP contribution in [-0.2, 0) is 17.8 Å². The van der Waals surface area contributed by atoms with E-state index in [9.17, 15) is 0 Å². The van der Waals surface area contributed by atoms with Gasteiger partial charge in [-0.05, 0) is 6.26 Å². The molecule has 0 aliphatic carbocycles. The summed E-state index contributed by atoms with van der Waals surface area (Å²) in [6.07, 6.45) is 12.8. The van der Waals surface area contributed by atoms with E-state index in [0.29, 0.717) is 11.8 Å². The first-order valence-electron chi connectivity index (χ1n) is 8.39. The number of thioether (sulfide) groups is 1. The Labute approximate surface area is 144 Å². The summed E-state index contributed by atoms with van der Waals surface area (Å²) in [6.45, 7) is 5.80. The predicted octanol–water partition coefficient (Wildman–Crippen LogP) is 5.68. The molecule has 1 aromatic rings. The Hall–Kier alpha value is -0.320. The van der Waals surface area contributed by atoms with Crippen molar-refractivity contribution in [3.63, 3.8) is 0 Å². The highest BCUT2D eigenvalue weighted by molar-refractivity contribution is 7.98. The number of nitrogens with zero attached hydrogens (tertiary/aromatic N) is 2. The van der Waals surface area contributed by atoms with Crippen LogP contribution in [0.25, 0.3) is 0 Å². The van der Waals surface area contributed by atoms with Gasteiger partial charge in [-0.1, -0.05) is 82.2 Å². The van der Waals surface area contributed by atoms with Gasteiger partial charge in [-0.25, -0.2) is 9.97 Å². The molecule has 126 valence electrons. The molecular formula is C17H29ClN2OS. The van der Waals surface area contributed by atoms with E-state index >= 15 is 0 Å². The van der Waals surface area contributed by atoms with Crippen molar-refractivity contribution in [3.05, 3.63) is 16.4 Å². The lowest BCUT2D eigenvalue weighted by Crippen LogP contribution is -2.13. The van der Waals surface area contributed by atoms with Crippen LogP contribution in [-0.4, -0.2) is 22.8 Å². The normalized spacial score (nSPS) is 13.3. The van der Waals surface area contributed by atoms with Crippen molar-refractivity contribution >= 4 is 23.4 Å². The molecule has 0 aromatic carbocycles. The summed E-state index contributed by atoms with van der Waals surface area (Å²) in [5.41, 5.74) is 1.99. The quantitative estimate of drug-likeness (QED) is 0.276. The number of unbranched alkanes of at least 4 members (excludes halogenated alkanes) is 6. The highest BCUT2D eigenvalue weighted by Gasteiger charge is 2.16. The van der Waals surface area contributed by atoms with Crippen LogP contribution in [0.15, 0.2) is 5.16 Å². The Morgan fingerprint density at radius 3 is 2.27 bits per heavy atom. The molecule has 2 rings (SSSR count). The van der Waals surface area contributed by atoms with Crippen molar-refractivity contribution in [1.29, 1.82) is 0 Å². The largest absolute Gasteiger partial charge is 0.376 e. The molecule has 0 saturated carbocycles. The summed E-state index contributed by atoms with van der Waals surface area (Å²) in [6, 6.07) is 0. The highest BCUT2D eigenvalue weighted by Crippen LogP contribution is 2.24. The van der Waals surface area contributed by atoms with Crippen molar-refractivity contribution in [2.45, 2.75) is 77.0 Å². The van der Waals surface area contributed by atoms with E-state index in [1.165, 1.54) is 56.7 Å². The monoisotopic (exact) mass is 344 g/mol. The molecule has 0 atom stereocenters. The van der Waals surface area contributed by atoms with Gasteiger partial charge in [-0.2, -0.15) is 0 Å². The maximum Gasteiger partial charge on any atom is 0.188 e. The standard InChI is InChI=1S/C9H20.C8H9ClN2OS/c1-3-5-7-9-8-6-4-2;1-13-8-10-6-2-3-12-4-5(6)7(9)11-8/h3-9H2,1-2H3;2-4H2,1H3. The van der Waals surface area contributed by atoms with Crippen LogP contribution in [0.4, 0.5) is 0 Å². The van der Waals surface area contributed by atoms with E-state index in [0.717, 1.165) is 29.4 Å². The summed E-state index contributed by atoms with van der Waals surface area (Å²) in [5, 5.41) is 1.28. The lowest BCUT2D eigenvalue weighted by Gasteiger charge is -2.16. The number of ether oxygens (including phenoxy) is 1. The Bertz CT molecular complexity index is 423. The smallest absolute Gasteiger partial charge is 0.188 e. The average Bonchev–Trinajstić information content (AvgIpc) is 2.55. The molecule has 0 fully saturated rings. The Morgan fingerprint density at radius 1 is 1.05 bits per heavy atom. The van der Waals surface area contributed by atoms with Crippen molar-refractivity contribution in [2.24, 2.45) is 0 Å². The third kappa shape index (κ3) is 7.30. The lowest BCUT2D eigenvalue weighted by atomic mass is 10.1. The second-order valence-electron chi connectivity index (χ2n) is 5.50. The summed E-state index contributed by atoms with van der Waals surface area (Å²) in [4.78, 5) is 8.52. The van der Waals surface area contributed by atoms with E-state index in [2.05, 4.69) is 23.8 Å². The molecule has 0 radical (unpaired) electrons. The molecule has 0 N–H and O–H groups in total. The number of aromatic nitrogens is 2. The van der Waals surface area contributed by atoms with Gasteiger partial charge in [0.05, 0.1) is 18.9 Å². The number of rotatable bonds is 7. The maximum absolute atomic E-state index is 5.98. The van der Waals surface area contributed by atoms with Crippen LogP contribution >= 0.6 is 23.4 Å². The second-order valence-corrected chi connectivity index (χ2v) is 6.63. The van der Waals surface area contributed by atoms with E-state index in [-0.39, 0.29) is 0 Å². The average molecular weight is 345 g/mol. The van der Waals surface area contributed by atoms with Crippen molar-refractivity contribution in [1.82, 2.24) is 9.97 Å². The minimum atomic E-state index is 0.536. The highest BCUT2D eigenvalue weighted by atomic mass is 35.5. The molecule has 1 aromatic heterocycles. The molecule has 0 unspecified atom stereocenters. The summed E-state index contributed by atoms with van der Waals surface area (Å²) < 4.78 is 5.28. The molecule has 1 aliphatic heterocycles. The van der Waals surface area contributed by atoms with Gasteiger partial charge < -0.3 is 4.74 Å². The summed E-state index contributed by atoms with van der Waals surface area (Å²) in [7, 11) is 0. The second kappa shape index (κ2) is 12.1. The fourth-order valence-corrected chi connectivity index (χ4v) is 2.97. The summed E-state index contributed by atoms with van der Waals surface area (Å²) >= 11 is 7.49. The first-order valence-corrected chi connectivity index (χ1v) is 10.00. The van der Waals surface area contributed by atoms with Gasteiger partial charge in [-0.15, -0.1) is 0 Å². The molecule has 3 nitrogen and oxygen atoms in total. The van der Waals surface area contributed by atoms with Crippen molar-refractivity contribution in [3.8, 4) is 0 Å². The van der Waals surface area contributed by atoms with Crippen molar-refractivity contribution in [2.75, 3.05) is 12.9 Å². The molecule has 22 heavy (non-hydrogen) atoms. The van der Waals surface area contributed by atoms with E-state index in [4.69, 9.17) is 16.3 Å². The van der Waals surface area contributed by atoms with Gasteiger partial charge in [0.25, 0.3) is 0 Å². The number of fused-ring (bicyclic) bond motifs is 1. The SMILES string of the molecule is CCCCCCCCC.CSc1nc(Cl)c2c(n1)CCOC2. The van der Waals surface area contributed by atoms with Crippen LogP contribution in [0.1, 0.15) is 70.1 Å². The zero-order chi connectivity index (χ0) is 16.2. The fourth-order valence-electron chi connectivity index (χ4n) is 2.29. The minimum Gasteiger partial charge on any atom is -0.376 e. The molecular weight excluding hydrogens is 316 g/mol. The Balaban J connectivity index is 0.000000239. The third-order valence-corrected chi connectivity index (χ3v) is 4.50. The number of halogens is 1. The minimum absolute atomic E-state index is 0.536. The van der Waals surface area contributed by atoms with Crippen LogP contribution in [0.2, 0.25) is 5.15 Å². The van der Waals surface area contributed by atoms with E-state index in [1.807, 2.05) is 6.26 Å². The van der Waals surface area contributed by atoms with Crippen LogP contribution < -0.4 is 0 Å². The van der Waals surface area contributed by atoms with Crippen LogP contribution in [0.5, 0.6) is 0 Å². The zero-order valence-electron chi connectivity index (χ0n) is 14.2. The lowest BCUT2D eigenvalue weighted by molar-refractivity contribution is 0.108. The number of hydrogen-bond acceptors (Lipinski definition) is 4. The molecule has 0 spiro atoms. The van der Waals surface area contributed by atoms with Gasteiger partial charge in [0.2, 0.25) is 0 Å². The predicted molar refractivity (Wildman–Crippen MR) is 95.9 cm³/mol. The van der Waals surface area contributed by atoms with E-state index in [1.54, 1.807) is 0 Å². The van der Waals surface area contributed by atoms with Gasteiger partial charge in [0.15, 0.2) is 5.16 Å². The van der Waals surface area contributed by atoms with Gasteiger partial charge in [0.1, 0.15) is 5.15 Å². The molecule has 0 amide bonds. The topological polar surface area (TPSA) is 35.0 Å². The van der Waals surface area contributed by atoms with Gasteiger partial charge >= 0.3 is 0 Å². The molecule has 5 heteroatoms. The van der Waals surface area contributed by atoms with Gasteiger partial charge in [0, 0.05) is 12.0 Å². The first-order chi connectivity index (χ1) is 10.7. The number of hydrogen-bond donors (Lipinski definition) is 0. The van der Waals surface area contributed by atoms with Crippen molar-refractivity contribution < 1.29 is 4.74 Å². The molecule has 0 saturated heterocycles. The molecule has 2 heterocycles. The third-order valence-electron chi connectivity index (χ3n) is 3.64. The Kier molecular flexibility index (Phi) is 10.9. The summed E-state index contributed by atoms with van der Waals surface area (Å²) in [5.74, 6) is 0. The Morgan fingerprint density at radius 2 is 1.68 bits per heavy atom. The molecule has 1 aliphatic rings. The fraction of sp³-hybridized carbons (Fsp3) is 0.765. The first kappa shape index (κ1) is 19.7. The van der Waals surface area contributed by atoms with Crippen LogP contribution in [0.3, 0.4) is 0 Å².